The van der Waals surface area contributed by atoms with E-state index in [2.05, 4.69) is 10.3 Å². The molecule has 0 bridgehead atoms. The van der Waals surface area contributed by atoms with Gasteiger partial charge in [0.25, 0.3) is 0 Å². The average molecular weight is 382 g/mol. The van der Waals surface area contributed by atoms with Crippen LogP contribution in [-0.2, 0) is 9.59 Å². The number of piperidine rings is 1. The lowest BCUT2D eigenvalue weighted by Gasteiger charge is -2.30. The topological polar surface area (TPSA) is 62.3 Å². The zero-order chi connectivity index (χ0) is 18.6. The molecule has 0 atom stereocenters. The fraction of sp³-hybridized carbons (Fsp3) is 0.381. The Morgan fingerprint density at radius 3 is 2.56 bits per heavy atom. The van der Waals surface area contributed by atoms with Crippen molar-refractivity contribution in [1.82, 2.24) is 9.88 Å². The van der Waals surface area contributed by atoms with Gasteiger partial charge in [0.15, 0.2) is 5.13 Å². The molecule has 1 N–H and O–H groups in total. The SMILES string of the molecule is O=C(Nc1nc(C2CC2)cs1)C1CCN(C(=O)/C=C/c2ccccc2)CC1. The normalized spacial score (nSPS) is 18.0. The van der Waals surface area contributed by atoms with Crippen LogP contribution in [0.1, 0.15) is 42.9 Å². The molecule has 2 fully saturated rings. The Morgan fingerprint density at radius 2 is 1.85 bits per heavy atom. The largest absolute Gasteiger partial charge is 0.339 e. The summed E-state index contributed by atoms with van der Waals surface area (Å²) in [5, 5.41) is 5.71. The minimum Gasteiger partial charge on any atom is -0.339 e. The number of carbonyl (C=O) groups excluding carboxylic acids is 2. The number of nitrogens with one attached hydrogen (secondary N) is 1. The summed E-state index contributed by atoms with van der Waals surface area (Å²) in [5.41, 5.74) is 2.12. The highest BCUT2D eigenvalue weighted by Gasteiger charge is 2.29. The Hall–Kier alpha value is -2.47. The number of anilines is 1. The standard InChI is InChI=1S/C21H23N3O2S/c25-19(9-6-15-4-2-1-3-5-15)24-12-10-17(11-13-24)20(26)23-21-22-18(14-27-21)16-7-8-16/h1-6,9,14,16-17H,7-8,10-13H2,(H,22,23,26)/b9-6+. The van der Waals surface area contributed by atoms with Crippen LogP contribution >= 0.6 is 11.3 Å². The number of rotatable bonds is 5. The molecule has 2 amide bonds. The molecule has 2 aromatic rings. The number of hydrogen-bond acceptors (Lipinski definition) is 4. The number of carbonyl (C=O) groups is 2. The van der Waals surface area contributed by atoms with Gasteiger partial charge in [0, 0.05) is 36.4 Å². The van der Waals surface area contributed by atoms with Crippen molar-refractivity contribution in [1.29, 1.82) is 0 Å². The Balaban J connectivity index is 1.25. The van der Waals surface area contributed by atoms with Gasteiger partial charge in [-0.15, -0.1) is 11.3 Å². The van der Waals surface area contributed by atoms with Gasteiger partial charge in [-0.3, -0.25) is 9.59 Å². The van der Waals surface area contributed by atoms with E-state index in [9.17, 15) is 9.59 Å². The molecule has 0 radical (unpaired) electrons. The first-order valence-corrected chi connectivity index (χ1v) is 10.4. The quantitative estimate of drug-likeness (QED) is 0.799. The average Bonchev–Trinajstić information content (AvgIpc) is 3.46. The van der Waals surface area contributed by atoms with Gasteiger partial charge in [0.2, 0.25) is 11.8 Å². The number of amides is 2. The third-order valence-corrected chi connectivity index (χ3v) is 5.92. The number of hydrogen-bond donors (Lipinski definition) is 1. The van der Waals surface area contributed by atoms with E-state index in [0.29, 0.717) is 37.0 Å². The minimum absolute atomic E-state index is 0.00621. The van der Waals surface area contributed by atoms with E-state index in [1.54, 1.807) is 6.08 Å². The molecule has 4 rings (SSSR count). The fourth-order valence-electron chi connectivity index (χ4n) is 3.32. The first-order chi connectivity index (χ1) is 13.2. The number of thiazole rings is 1. The lowest BCUT2D eigenvalue weighted by molar-refractivity contribution is -0.130. The van der Waals surface area contributed by atoms with Gasteiger partial charge in [0.05, 0.1) is 5.69 Å². The Morgan fingerprint density at radius 1 is 1.11 bits per heavy atom. The van der Waals surface area contributed by atoms with Crippen LogP contribution in [0.4, 0.5) is 5.13 Å². The van der Waals surface area contributed by atoms with Crippen molar-refractivity contribution >= 4 is 34.4 Å². The smallest absolute Gasteiger partial charge is 0.246 e. The molecule has 6 heteroatoms. The van der Waals surface area contributed by atoms with E-state index >= 15 is 0 Å². The Bertz CT molecular complexity index is 834. The highest BCUT2D eigenvalue weighted by Crippen LogP contribution is 2.41. The van der Waals surface area contributed by atoms with E-state index in [-0.39, 0.29) is 17.7 Å². The summed E-state index contributed by atoms with van der Waals surface area (Å²) < 4.78 is 0. The van der Waals surface area contributed by atoms with Gasteiger partial charge in [-0.1, -0.05) is 30.3 Å². The van der Waals surface area contributed by atoms with Gasteiger partial charge < -0.3 is 10.2 Å². The van der Waals surface area contributed by atoms with Crippen LogP contribution < -0.4 is 5.32 Å². The summed E-state index contributed by atoms with van der Waals surface area (Å²) in [4.78, 5) is 31.2. The monoisotopic (exact) mass is 381 g/mol. The maximum atomic E-state index is 12.5. The van der Waals surface area contributed by atoms with E-state index < -0.39 is 0 Å². The van der Waals surface area contributed by atoms with Gasteiger partial charge in [-0.25, -0.2) is 4.98 Å². The summed E-state index contributed by atoms with van der Waals surface area (Å²) in [6, 6.07) is 9.78. The van der Waals surface area contributed by atoms with Crippen LogP contribution in [0.2, 0.25) is 0 Å². The summed E-state index contributed by atoms with van der Waals surface area (Å²) in [5.74, 6) is 0.579. The molecule has 0 unspecified atom stereocenters. The number of aromatic nitrogens is 1. The van der Waals surface area contributed by atoms with Crippen molar-refractivity contribution in [3.63, 3.8) is 0 Å². The van der Waals surface area contributed by atoms with E-state index in [1.807, 2.05) is 46.7 Å². The van der Waals surface area contributed by atoms with Crippen molar-refractivity contribution in [3.05, 3.63) is 53.0 Å². The van der Waals surface area contributed by atoms with Crippen LogP contribution in [0.15, 0.2) is 41.8 Å². The molecule has 2 heterocycles. The maximum Gasteiger partial charge on any atom is 0.246 e. The zero-order valence-electron chi connectivity index (χ0n) is 15.1. The highest BCUT2D eigenvalue weighted by molar-refractivity contribution is 7.13. The van der Waals surface area contributed by atoms with Crippen LogP contribution in [-0.4, -0.2) is 34.8 Å². The lowest BCUT2D eigenvalue weighted by atomic mass is 9.96. The second-order valence-electron chi connectivity index (χ2n) is 7.18. The molecule has 1 saturated heterocycles. The van der Waals surface area contributed by atoms with E-state index in [0.717, 1.165) is 11.3 Å². The molecule has 1 aromatic carbocycles. The Labute approximate surface area is 163 Å². The van der Waals surface area contributed by atoms with Crippen molar-refractivity contribution in [2.75, 3.05) is 18.4 Å². The zero-order valence-corrected chi connectivity index (χ0v) is 16.0. The molecule has 140 valence electrons. The van der Waals surface area contributed by atoms with Crippen LogP contribution in [0.5, 0.6) is 0 Å². The third kappa shape index (κ3) is 4.63. The van der Waals surface area contributed by atoms with Gasteiger partial charge >= 0.3 is 0 Å². The molecular formula is C21H23N3O2S. The first-order valence-electron chi connectivity index (χ1n) is 9.47. The first kappa shape index (κ1) is 17.9. The van der Waals surface area contributed by atoms with Crippen molar-refractivity contribution in [2.24, 2.45) is 5.92 Å². The molecule has 1 aliphatic carbocycles. The van der Waals surface area contributed by atoms with Gasteiger partial charge in [-0.2, -0.15) is 0 Å². The van der Waals surface area contributed by atoms with Gasteiger partial charge in [-0.05, 0) is 37.3 Å². The van der Waals surface area contributed by atoms with Crippen LogP contribution in [0, 0.1) is 5.92 Å². The van der Waals surface area contributed by atoms with Crippen molar-refractivity contribution in [2.45, 2.75) is 31.6 Å². The predicted octanol–water partition coefficient (Wildman–Crippen LogP) is 3.91. The predicted molar refractivity (Wildman–Crippen MR) is 107 cm³/mol. The summed E-state index contributed by atoms with van der Waals surface area (Å²) in [7, 11) is 0. The molecule has 0 spiro atoms. The number of benzene rings is 1. The fourth-order valence-corrected chi connectivity index (χ4v) is 4.11. The van der Waals surface area contributed by atoms with Crippen LogP contribution in [0.3, 0.4) is 0 Å². The molecule has 5 nitrogen and oxygen atoms in total. The molecule has 27 heavy (non-hydrogen) atoms. The van der Waals surface area contributed by atoms with Gasteiger partial charge in [0.1, 0.15) is 0 Å². The Kier molecular flexibility index (Phi) is 5.34. The van der Waals surface area contributed by atoms with Crippen LogP contribution in [0.25, 0.3) is 6.08 Å². The van der Waals surface area contributed by atoms with E-state index in [1.165, 1.54) is 24.2 Å². The van der Waals surface area contributed by atoms with E-state index in [4.69, 9.17) is 0 Å². The molecule has 2 aliphatic rings. The highest BCUT2D eigenvalue weighted by atomic mass is 32.1. The molecule has 1 aromatic heterocycles. The van der Waals surface area contributed by atoms with Crippen molar-refractivity contribution in [3.8, 4) is 0 Å². The summed E-state index contributed by atoms with van der Waals surface area (Å²) in [6.45, 7) is 1.22. The number of nitrogens with zero attached hydrogens (tertiary/aromatic N) is 2. The molecular weight excluding hydrogens is 358 g/mol. The number of likely N-dealkylation sites (tertiary alicyclic amines) is 1. The maximum absolute atomic E-state index is 12.5. The third-order valence-electron chi connectivity index (χ3n) is 5.14. The molecule has 1 aliphatic heterocycles. The summed E-state index contributed by atoms with van der Waals surface area (Å²) >= 11 is 1.50. The lowest BCUT2D eigenvalue weighted by Crippen LogP contribution is -2.40. The van der Waals surface area contributed by atoms with Crippen molar-refractivity contribution < 1.29 is 9.59 Å². The second-order valence-corrected chi connectivity index (χ2v) is 8.04. The second kappa shape index (κ2) is 8.05. The summed E-state index contributed by atoms with van der Waals surface area (Å²) in [6.07, 6.45) is 7.26. The minimum atomic E-state index is -0.0552. The molecule has 1 saturated carbocycles.